The van der Waals surface area contributed by atoms with E-state index in [-0.39, 0.29) is 5.91 Å². The lowest BCUT2D eigenvalue weighted by molar-refractivity contribution is -0.120. The molecule has 3 nitrogen and oxygen atoms in total. The summed E-state index contributed by atoms with van der Waals surface area (Å²) in [4.78, 5) is 12.6. The van der Waals surface area contributed by atoms with Gasteiger partial charge in [0.05, 0.1) is 0 Å². The first-order valence-electron chi connectivity index (χ1n) is 5.18. The number of carbonyl (C=O) groups is 1. The standard InChI is InChI=1S/C11H18N2OS/c1-9-5-8-15-10(9)3-7-13-11(14)4-6-12-2/h5,8,12H,3-4,6-7H2,1-2H3,(H,13,14). The van der Waals surface area contributed by atoms with Crippen molar-refractivity contribution in [1.82, 2.24) is 10.6 Å². The lowest BCUT2D eigenvalue weighted by Crippen LogP contribution is -2.28. The number of aryl methyl sites for hydroxylation is 1. The van der Waals surface area contributed by atoms with Crippen molar-refractivity contribution in [2.75, 3.05) is 20.1 Å². The van der Waals surface area contributed by atoms with Gasteiger partial charge in [-0.1, -0.05) is 0 Å². The van der Waals surface area contributed by atoms with Gasteiger partial charge in [-0.05, 0) is 37.4 Å². The first-order valence-corrected chi connectivity index (χ1v) is 6.06. The van der Waals surface area contributed by atoms with Crippen LogP contribution in [0.4, 0.5) is 0 Å². The van der Waals surface area contributed by atoms with Crippen molar-refractivity contribution in [1.29, 1.82) is 0 Å². The van der Waals surface area contributed by atoms with Gasteiger partial charge in [-0.3, -0.25) is 4.79 Å². The Morgan fingerprint density at radius 1 is 1.47 bits per heavy atom. The zero-order valence-corrected chi connectivity index (χ0v) is 10.1. The van der Waals surface area contributed by atoms with Crippen molar-refractivity contribution in [2.45, 2.75) is 19.8 Å². The molecule has 0 aliphatic carbocycles. The number of hydrogen-bond acceptors (Lipinski definition) is 3. The van der Waals surface area contributed by atoms with E-state index < -0.39 is 0 Å². The Morgan fingerprint density at radius 3 is 2.87 bits per heavy atom. The highest BCUT2D eigenvalue weighted by Crippen LogP contribution is 2.15. The van der Waals surface area contributed by atoms with Gasteiger partial charge in [0.2, 0.25) is 5.91 Å². The first-order chi connectivity index (χ1) is 7.24. The van der Waals surface area contributed by atoms with Crippen LogP contribution in [0.3, 0.4) is 0 Å². The first kappa shape index (κ1) is 12.2. The fourth-order valence-corrected chi connectivity index (χ4v) is 2.21. The molecule has 0 atom stereocenters. The Morgan fingerprint density at radius 2 is 2.27 bits per heavy atom. The van der Waals surface area contributed by atoms with Crippen molar-refractivity contribution in [2.24, 2.45) is 0 Å². The van der Waals surface area contributed by atoms with E-state index in [1.54, 1.807) is 11.3 Å². The lowest BCUT2D eigenvalue weighted by atomic mass is 10.2. The van der Waals surface area contributed by atoms with Crippen molar-refractivity contribution in [3.05, 3.63) is 21.9 Å². The average Bonchev–Trinajstić information content (AvgIpc) is 2.61. The molecule has 15 heavy (non-hydrogen) atoms. The second-order valence-corrected chi connectivity index (χ2v) is 4.48. The molecule has 0 fully saturated rings. The van der Waals surface area contributed by atoms with Crippen LogP contribution in [0.5, 0.6) is 0 Å². The highest BCUT2D eigenvalue weighted by atomic mass is 32.1. The van der Waals surface area contributed by atoms with Gasteiger partial charge in [-0.25, -0.2) is 0 Å². The number of thiophene rings is 1. The SMILES string of the molecule is CNCCC(=O)NCCc1sccc1C. The Balaban J connectivity index is 2.16. The number of hydrogen-bond donors (Lipinski definition) is 2. The average molecular weight is 226 g/mol. The van der Waals surface area contributed by atoms with Crippen LogP contribution < -0.4 is 10.6 Å². The molecule has 1 heterocycles. The summed E-state index contributed by atoms with van der Waals surface area (Å²) in [5, 5.41) is 7.95. The molecule has 4 heteroatoms. The van der Waals surface area contributed by atoms with E-state index in [2.05, 4.69) is 29.0 Å². The summed E-state index contributed by atoms with van der Waals surface area (Å²) in [6, 6.07) is 2.11. The normalized spacial score (nSPS) is 10.3. The minimum atomic E-state index is 0.124. The maximum absolute atomic E-state index is 11.3. The van der Waals surface area contributed by atoms with Gasteiger partial charge in [0, 0.05) is 24.4 Å². The molecule has 0 aliphatic heterocycles. The quantitative estimate of drug-likeness (QED) is 0.768. The topological polar surface area (TPSA) is 41.1 Å². The minimum absolute atomic E-state index is 0.124. The highest BCUT2D eigenvalue weighted by Gasteiger charge is 2.02. The third-order valence-corrected chi connectivity index (χ3v) is 3.33. The van der Waals surface area contributed by atoms with E-state index >= 15 is 0 Å². The van der Waals surface area contributed by atoms with Crippen LogP contribution in [0, 0.1) is 6.92 Å². The van der Waals surface area contributed by atoms with Crippen LogP contribution >= 0.6 is 11.3 Å². The summed E-state index contributed by atoms with van der Waals surface area (Å²) in [6.07, 6.45) is 1.49. The molecular formula is C11H18N2OS. The van der Waals surface area contributed by atoms with Crippen LogP contribution in [0.2, 0.25) is 0 Å². The third kappa shape index (κ3) is 4.44. The van der Waals surface area contributed by atoms with E-state index in [1.807, 2.05) is 7.05 Å². The van der Waals surface area contributed by atoms with Gasteiger partial charge in [0.1, 0.15) is 0 Å². The monoisotopic (exact) mass is 226 g/mol. The molecule has 0 aliphatic rings. The van der Waals surface area contributed by atoms with Gasteiger partial charge in [-0.2, -0.15) is 0 Å². The molecule has 1 aromatic heterocycles. The number of rotatable bonds is 6. The Kier molecular flexibility index (Phi) is 5.36. The summed E-state index contributed by atoms with van der Waals surface area (Å²) >= 11 is 1.76. The predicted molar refractivity (Wildman–Crippen MR) is 64.3 cm³/mol. The molecule has 84 valence electrons. The third-order valence-electron chi connectivity index (χ3n) is 2.24. The Labute approximate surface area is 94.9 Å². The molecule has 0 aromatic carbocycles. The summed E-state index contributed by atoms with van der Waals surface area (Å²) in [7, 11) is 1.85. The predicted octanol–water partition coefficient (Wildman–Crippen LogP) is 1.32. The molecule has 0 spiro atoms. The number of amides is 1. The van der Waals surface area contributed by atoms with E-state index in [4.69, 9.17) is 0 Å². The maximum atomic E-state index is 11.3. The van der Waals surface area contributed by atoms with Crippen LogP contribution in [-0.2, 0) is 11.2 Å². The summed E-state index contributed by atoms with van der Waals surface area (Å²) in [5.74, 6) is 0.124. The summed E-state index contributed by atoms with van der Waals surface area (Å²) in [5.41, 5.74) is 1.32. The van der Waals surface area contributed by atoms with Gasteiger partial charge < -0.3 is 10.6 Å². The minimum Gasteiger partial charge on any atom is -0.356 e. The van der Waals surface area contributed by atoms with Gasteiger partial charge in [0.15, 0.2) is 0 Å². The summed E-state index contributed by atoms with van der Waals surface area (Å²) < 4.78 is 0. The van der Waals surface area contributed by atoms with Crippen LogP contribution in [0.25, 0.3) is 0 Å². The van der Waals surface area contributed by atoms with Crippen LogP contribution in [-0.4, -0.2) is 26.0 Å². The summed E-state index contributed by atoms with van der Waals surface area (Å²) in [6.45, 7) is 3.59. The van der Waals surface area contributed by atoms with E-state index in [0.717, 1.165) is 19.5 Å². The van der Waals surface area contributed by atoms with Crippen molar-refractivity contribution < 1.29 is 4.79 Å². The smallest absolute Gasteiger partial charge is 0.221 e. The Bertz CT molecular complexity index is 309. The fourth-order valence-electron chi connectivity index (χ4n) is 1.30. The molecule has 1 amide bonds. The van der Waals surface area contributed by atoms with E-state index in [9.17, 15) is 4.79 Å². The second-order valence-electron chi connectivity index (χ2n) is 3.48. The van der Waals surface area contributed by atoms with Crippen LogP contribution in [0.15, 0.2) is 11.4 Å². The highest BCUT2D eigenvalue weighted by molar-refractivity contribution is 7.10. The Hall–Kier alpha value is -0.870. The molecule has 0 radical (unpaired) electrons. The van der Waals surface area contributed by atoms with E-state index in [1.165, 1.54) is 10.4 Å². The van der Waals surface area contributed by atoms with Crippen molar-refractivity contribution in [3.8, 4) is 0 Å². The largest absolute Gasteiger partial charge is 0.356 e. The molecule has 0 unspecified atom stereocenters. The molecule has 2 N–H and O–H groups in total. The van der Waals surface area contributed by atoms with Crippen LogP contribution in [0.1, 0.15) is 16.9 Å². The molecule has 0 bridgehead atoms. The van der Waals surface area contributed by atoms with Gasteiger partial charge in [0.25, 0.3) is 0 Å². The number of carbonyl (C=O) groups excluding carboxylic acids is 1. The zero-order valence-electron chi connectivity index (χ0n) is 9.30. The molecular weight excluding hydrogens is 208 g/mol. The van der Waals surface area contributed by atoms with Crippen molar-refractivity contribution in [3.63, 3.8) is 0 Å². The number of nitrogens with one attached hydrogen (secondary N) is 2. The molecule has 0 saturated carbocycles. The van der Waals surface area contributed by atoms with Crippen molar-refractivity contribution >= 4 is 17.2 Å². The second kappa shape index (κ2) is 6.58. The van der Waals surface area contributed by atoms with E-state index in [0.29, 0.717) is 6.42 Å². The zero-order chi connectivity index (χ0) is 11.1. The lowest BCUT2D eigenvalue weighted by Gasteiger charge is -2.04. The van der Waals surface area contributed by atoms with Gasteiger partial charge >= 0.3 is 0 Å². The van der Waals surface area contributed by atoms with Gasteiger partial charge in [-0.15, -0.1) is 11.3 Å². The molecule has 0 saturated heterocycles. The fraction of sp³-hybridized carbons (Fsp3) is 0.545. The molecule has 1 aromatic rings. The maximum Gasteiger partial charge on any atom is 0.221 e. The molecule has 1 rings (SSSR count).